The second-order valence-electron chi connectivity index (χ2n) is 4.92. The van der Waals surface area contributed by atoms with Gasteiger partial charge in [-0.05, 0) is 41.8 Å². The number of nitrogen functional groups attached to an aromatic ring is 1. The predicted octanol–water partition coefficient (Wildman–Crippen LogP) is 3.69. The Balaban J connectivity index is 2.30. The highest BCUT2D eigenvalue weighted by molar-refractivity contribution is 6.31. The Morgan fingerprint density at radius 3 is 2.68 bits per heavy atom. The number of methoxy groups -OCH3 is 1. The highest BCUT2D eigenvalue weighted by atomic mass is 35.5. The number of benzene rings is 2. The number of nitrogens with zero attached hydrogens (tertiary/aromatic N) is 2. The number of anilines is 1. The molecule has 0 unspecified atom stereocenters. The van der Waals surface area contributed by atoms with Crippen molar-refractivity contribution in [3.05, 3.63) is 47.2 Å². The maximum atomic E-state index is 6.22. The lowest BCUT2D eigenvalue weighted by Crippen LogP contribution is -1.95. The zero-order valence-corrected chi connectivity index (χ0v) is 13.0. The Hall–Kier alpha value is -2.53. The number of hydrogen-bond donors (Lipinski definition) is 2. The van der Waals surface area contributed by atoms with Gasteiger partial charge >= 0.3 is 0 Å². The molecule has 6 heteroatoms. The van der Waals surface area contributed by atoms with Crippen LogP contribution in [0.2, 0.25) is 5.02 Å². The average Bonchev–Trinajstić information content (AvgIpc) is 3.03. The smallest absolute Gasteiger partial charge is 0.185 e. The van der Waals surface area contributed by atoms with Crippen LogP contribution in [-0.4, -0.2) is 22.3 Å². The maximum Gasteiger partial charge on any atom is 0.185 e. The summed E-state index contributed by atoms with van der Waals surface area (Å²) in [6.07, 6.45) is 1.52. The van der Waals surface area contributed by atoms with E-state index in [-0.39, 0.29) is 0 Å². The molecule has 0 aliphatic heterocycles. The molecule has 3 aromatic rings. The molecule has 3 rings (SSSR count). The van der Waals surface area contributed by atoms with Crippen molar-refractivity contribution in [1.82, 2.24) is 15.2 Å². The summed E-state index contributed by atoms with van der Waals surface area (Å²) in [5.74, 6) is 1.16. The molecule has 0 radical (unpaired) electrons. The van der Waals surface area contributed by atoms with Crippen molar-refractivity contribution in [3.63, 3.8) is 0 Å². The number of H-pyrrole nitrogens is 1. The zero-order chi connectivity index (χ0) is 15.7. The highest BCUT2D eigenvalue weighted by Gasteiger charge is 2.18. The van der Waals surface area contributed by atoms with Gasteiger partial charge in [-0.25, -0.2) is 4.98 Å². The number of aromatic amines is 1. The molecule has 22 heavy (non-hydrogen) atoms. The molecule has 0 bridgehead atoms. The average molecular weight is 315 g/mol. The van der Waals surface area contributed by atoms with Gasteiger partial charge in [0.1, 0.15) is 12.1 Å². The molecule has 0 saturated heterocycles. The van der Waals surface area contributed by atoms with E-state index in [4.69, 9.17) is 22.1 Å². The van der Waals surface area contributed by atoms with E-state index in [1.54, 1.807) is 13.2 Å². The Morgan fingerprint density at radius 2 is 2.05 bits per heavy atom. The summed E-state index contributed by atoms with van der Waals surface area (Å²) in [5.41, 5.74) is 10.4. The van der Waals surface area contributed by atoms with Crippen molar-refractivity contribution in [2.75, 3.05) is 12.8 Å². The predicted molar refractivity (Wildman–Crippen MR) is 88.0 cm³/mol. The first-order chi connectivity index (χ1) is 10.6. The normalized spacial score (nSPS) is 10.7. The summed E-state index contributed by atoms with van der Waals surface area (Å²) in [7, 11) is 1.59. The van der Waals surface area contributed by atoms with Crippen LogP contribution in [-0.2, 0) is 0 Å². The molecule has 0 spiro atoms. The summed E-state index contributed by atoms with van der Waals surface area (Å²) in [6.45, 7) is 1.97. The van der Waals surface area contributed by atoms with E-state index in [1.807, 2.05) is 31.2 Å². The van der Waals surface area contributed by atoms with Gasteiger partial charge in [0.25, 0.3) is 0 Å². The second kappa shape index (κ2) is 5.69. The monoisotopic (exact) mass is 314 g/mol. The van der Waals surface area contributed by atoms with Crippen LogP contribution < -0.4 is 10.5 Å². The van der Waals surface area contributed by atoms with Gasteiger partial charge in [-0.3, -0.25) is 5.10 Å². The van der Waals surface area contributed by atoms with Gasteiger partial charge in [-0.2, -0.15) is 5.10 Å². The van der Waals surface area contributed by atoms with E-state index in [2.05, 4.69) is 15.2 Å². The highest BCUT2D eigenvalue weighted by Crippen LogP contribution is 2.40. The lowest BCUT2D eigenvalue weighted by molar-refractivity contribution is 0.416. The molecule has 0 aliphatic rings. The SMILES string of the molecule is COc1cc(Cl)cc(-c2ccc(C)c(N)c2)c1-c1nc[nH]n1. The van der Waals surface area contributed by atoms with Gasteiger partial charge in [-0.1, -0.05) is 23.7 Å². The summed E-state index contributed by atoms with van der Waals surface area (Å²) < 4.78 is 5.46. The maximum absolute atomic E-state index is 6.22. The van der Waals surface area contributed by atoms with E-state index in [9.17, 15) is 0 Å². The van der Waals surface area contributed by atoms with E-state index in [0.717, 1.165) is 27.9 Å². The van der Waals surface area contributed by atoms with E-state index in [0.29, 0.717) is 16.6 Å². The molecule has 1 heterocycles. The standard InChI is InChI=1S/C16H15ClN4O/c1-9-3-4-10(5-13(9)18)12-6-11(17)7-14(22-2)15(12)16-19-8-20-21-16/h3-8H,18H2,1-2H3,(H,19,20,21). The van der Waals surface area contributed by atoms with Gasteiger partial charge in [0, 0.05) is 10.7 Å². The Morgan fingerprint density at radius 1 is 1.23 bits per heavy atom. The molecule has 0 atom stereocenters. The number of ether oxygens (including phenoxy) is 1. The van der Waals surface area contributed by atoms with Crippen LogP contribution in [0.4, 0.5) is 5.69 Å². The molecule has 0 amide bonds. The lowest BCUT2D eigenvalue weighted by atomic mass is 9.96. The van der Waals surface area contributed by atoms with Crippen LogP contribution in [0.3, 0.4) is 0 Å². The third kappa shape index (κ3) is 2.51. The summed E-state index contributed by atoms with van der Waals surface area (Å²) in [6, 6.07) is 9.48. The molecule has 112 valence electrons. The first-order valence-corrected chi connectivity index (χ1v) is 7.08. The fourth-order valence-corrected chi connectivity index (χ4v) is 2.55. The third-order valence-corrected chi connectivity index (χ3v) is 3.73. The molecule has 0 saturated carbocycles. The molecule has 0 aliphatic carbocycles. The summed E-state index contributed by atoms with van der Waals surface area (Å²) in [5, 5.41) is 7.45. The third-order valence-electron chi connectivity index (χ3n) is 3.52. The number of hydrogen-bond acceptors (Lipinski definition) is 4. The van der Waals surface area contributed by atoms with Crippen LogP contribution in [0.1, 0.15) is 5.56 Å². The van der Waals surface area contributed by atoms with Crippen LogP contribution >= 0.6 is 11.6 Å². The van der Waals surface area contributed by atoms with Gasteiger partial charge < -0.3 is 10.5 Å². The first kappa shape index (κ1) is 14.4. The molecule has 3 N–H and O–H groups in total. The van der Waals surface area contributed by atoms with Gasteiger partial charge in [0.05, 0.1) is 12.7 Å². The number of halogens is 1. The van der Waals surface area contributed by atoms with Crippen molar-refractivity contribution in [2.45, 2.75) is 6.92 Å². The van der Waals surface area contributed by atoms with Crippen LogP contribution in [0.15, 0.2) is 36.7 Å². The summed E-state index contributed by atoms with van der Waals surface area (Å²) >= 11 is 6.22. The minimum atomic E-state index is 0.544. The Kier molecular flexibility index (Phi) is 3.73. The fraction of sp³-hybridized carbons (Fsp3) is 0.125. The Bertz CT molecular complexity index is 815. The molecule has 2 aromatic carbocycles. The number of aryl methyl sites for hydroxylation is 1. The lowest BCUT2D eigenvalue weighted by Gasteiger charge is -2.14. The number of rotatable bonds is 3. The molecular formula is C16H15ClN4O. The summed E-state index contributed by atoms with van der Waals surface area (Å²) in [4.78, 5) is 4.23. The van der Waals surface area contributed by atoms with Gasteiger partial charge in [0.15, 0.2) is 5.82 Å². The number of aromatic nitrogens is 3. The van der Waals surface area contributed by atoms with Gasteiger partial charge in [-0.15, -0.1) is 0 Å². The quantitative estimate of drug-likeness (QED) is 0.723. The van der Waals surface area contributed by atoms with E-state index in [1.165, 1.54) is 6.33 Å². The fourth-order valence-electron chi connectivity index (χ4n) is 2.34. The van der Waals surface area contributed by atoms with Crippen molar-refractivity contribution < 1.29 is 4.74 Å². The largest absolute Gasteiger partial charge is 0.496 e. The van der Waals surface area contributed by atoms with Crippen LogP contribution in [0, 0.1) is 6.92 Å². The van der Waals surface area contributed by atoms with E-state index < -0.39 is 0 Å². The number of nitrogens with two attached hydrogens (primary N) is 1. The molecule has 5 nitrogen and oxygen atoms in total. The van der Waals surface area contributed by atoms with Crippen molar-refractivity contribution in [2.24, 2.45) is 0 Å². The van der Waals surface area contributed by atoms with Crippen molar-refractivity contribution >= 4 is 17.3 Å². The number of nitrogens with one attached hydrogen (secondary N) is 1. The van der Waals surface area contributed by atoms with Gasteiger partial charge in [0.2, 0.25) is 0 Å². The Labute approximate surface area is 133 Å². The topological polar surface area (TPSA) is 76.8 Å². The zero-order valence-electron chi connectivity index (χ0n) is 12.2. The molecule has 0 fully saturated rings. The second-order valence-corrected chi connectivity index (χ2v) is 5.36. The van der Waals surface area contributed by atoms with Crippen LogP contribution in [0.25, 0.3) is 22.5 Å². The van der Waals surface area contributed by atoms with E-state index >= 15 is 0 Å². The van der Waals surface area contributed by atoms with Crippen molar-refractivity contribution in [1.29, 1.82) is 0 Å². The van der Waals surface area contributed by atoms with Crippen molar-refractivity contribution in [3.8, 4) is 28.3 Å². The minimum Gasteiger partial charge on any atom is -0.496 e. The molecule has 1 aromatic heterocycles. The van der Waals surface area contributed by atoms with Crippen LogP contribution in [0.5, 0.6) is 5.75 Å². The molecular weight excluding hydrogens is 300 g/mol. The first-order valence-electron chi connectivity index (χ1n) is 6.70. The minimum absolute atomic E-state index is 0.544.